The molecule has 2 aliphatic heterocycles. The van der Waals surface area contributed by atoms with Gasteiger partial charge in [-0.25, -0.2) is 0 Å². The Kier molecular flexibility index (Phi) is 5.73. The lowest BCUT2D eigenvalue weighted by Gasteiger charge is -2.38. The number of piperazine rings is 1. The maximum Gasteiger partial charge on any atom is 0.227 e. The van der Waals surface area contributed by atoms with E-state index in [2.05, 4.69) is 31.8 Å². The zero-order valence-corrected chi connectivity index (χ0v) is 16.8. The fourth-order valence-electron chi connectivity index (χ4n) is 4.02. The van der Waals surface area contributed by atoms with Gasteiger partial charge in [-0.15, -0.1) is 10.2 Å². The number of hydrogen-bond donors (Lipinski definition) is 0. The topological polar surface area (TPSA) is 57.5 Å². The van der Waals surface area contributed by atoms with Crippen molar-refractivity contribution in [3.63, 3.8) is 0 Å². The van der Waals surface area contributed by atoms with Gasteiger partial charge >= 0.3 is 0 Å². The Hall–Kier alpha value is -1.93. The van der Waals surface area contributed by atoms with E-state index in [1.54, 1.807) is 11.3 Å². The largest absolute Gasteiger partial charge is 0.346 e. The van der Waals surface area contributed by atoms with Gasteiger partial charge in [0, 0.05) is 51.7 Å². The molecule has 2 aromatic heterocycles. The first kappa shape index (κ1) is 18.4. The van der Waals surface area contributed by atoms with Gasteiger partial charge in [0.25, 0.3) is 0 Å². The Morgan fingerprint density at radius 1 is 1.11 bits per heavy atom. The summed E-state index contributed by atoms with van der Waals surface area (Å²) in [6.07, 6.45) is 7.15. The number of anilines is 1. The van der Waals surface area contributed by atoms with Gasteiger partial charge in [0.05, 0.1) is 5.92 Å². The van der Waals surface area contributed by atoms with Gasteiger partial charge in [0.2, 0.25) is 16.2 Å². The number of aromatic nitrogens is 3. The molecule has 4 rings (SSSR count). The second kappa shape index (κ2) is 8.39. The third-order valence-electron chi connectivity index (χ3n) is 5.49. The van der Waals surface area contributed by atoms with Gasteiger partial charge in [0.1, 0.15) is 0 Å². The lowest BCUT2D eigenvalue weighted by atomic mass is 9.96. The van der Waals surface area contributed by atoms with Gasteiger partial charge in [-0.2, -0.15) is 0 Å². The molecule has 2 aliphatic rings. The molecule has 8 heteroatoms. The minimum atomic E-state index is 0.0791. The quantitative estimate of drug-likeness (QED) is 0.785. The molecule has 1 atom stereocenters. The summed E-state index contributed by atoms with van der Waals surface area (Å²) in [4.78, 5) is 19.8. The molecule has 0 N–H and O–H groups in total. The van der Waals surface area contributed by atoms with E-state index in [0.29, 0.717) is 5.91 Å². The molecule has 27 heavy (non-hydrogen) atoms. The molecule has 0 spiro atoms. The van der Waals surface area contributed by atoms with Crippen molar-refractivity contribution in [1.82, 2.24) is 24.6 Å². The van der Waals surface area contributed by atoms with Crippen molar-refractivity contribution in [2.75, 3.05) is 50.7 Å². The van der Waals surface area contributed by atoms with Crippen molar-refractivity contribution in [2.24, 2.45) is 5.92 Å². The van der Waals surface area contributed by atoms with Gasteiger partial charge in [0.15, 0.2) is 0 Å². The summed E-state index contributed by atoms with van der Waals surface area (Å²) in [7, 11) is 0. The molecule has 2 aromatic rings. The van der Waals surface area contributed by atoms with Crippen molar-refractivity contribution in [1.29, 1.82) is 0 Å². The number of piperidine rings is 1. The standard InChI is InChI=1S/C19H28N6OS/c1-2-7-22-11-13-23(14-12-22)17(26)16-6-5-10-25(15-16)19-21-20-18(27-19)24-8-3-4-9-24/h3-4,8-9,16H,2,5-7,10-15H2,1H3. The third kappa shape index (κ3) is 4.16. The van der Waals surface area contributed by atoms with Crippen LogP contribution in [0.2, 0.25) is 0 Å². The molecule has 2 fully saturated rings. The van der Waals surface area contributed by atoms with Crippen LogP contribution < -0.4 is 4.90 Å². The van der Waals surface area contributed by atoms with Crippen molar-refractivity contribution in [2.45, 2.75) is 26.2 Å². The van der Waals surface area contributed by atoms with Crippen molar-refractivity contribution >= 4 is 22.4 Å². The Labute approximate surface area is 164 Å². The highest BCUT2D eigenvalue weighted by atomic mass is 32.1. The number of rotatable bonds is 5. The first-order chi connectivity index (χ1) is 13.2. The normalized spacial score (nSPS) is 21.6. The Morgan fingerprint density at radius 3 is 2.59 bits per heavy atom. The second-order valence-electron chi connectivity index (χ2n) is 7.41. The molecule has 0 radical (unpaired) electrons. The van der Waals surface area contributed by atoms with Gasteiger partial charge in [-0.3, -0.25) is 14.3 Å². The van der Waals surface area contributed by atoms with E-state index >= 15 is 0 Å². The minimum absolute atomic E-state index is 0.0791. The van der Waals surface area contributed by atoms with Crippen LogP contribution in [0.15, 0.2) is 24.5 Å². The Morgan fingerprint density at radius 2 is 1.85 bits per heavy atom. The highest BCUT2D eigenvalue weighted by Crippen LogP contribution is 2.28. The molecule has 4 heterocycles. The summed E-state index contributed by atoms with van der Waals surface area (Å²) in [5.74, 6) is 0.404. The first-order valence-corrected chi connectivity index (χ1v) is 10.8. The van der Waals surface area contributed by atoms with E-state index in [1.165, 1.54) is 6.42 Å². The van der Waals surface area contributed by atoms with Crippen molar-refractivity contribution < 1.29 is 4.79 Å². The summed E-state index contributed by atoms with van der Waals surface area (Å²) >= 11 is 1.59. The number of carbonyl (C=O) groups is 1. The summed E-state index contributed by atoms with van der Waals surface area (Å²) in [6.45, 7) is 8.81. The highest BCUT2D eigenvalue weighted by molar-refractivity contribution is 7.17. The van der Waals surface area contributed by atoms with Crippen LogP contribution in [0.4, 0.5) is 5.13 Å². The van der Waals surface area contributed by atoms with Crippen LogP contribution in [0.3, 0.4) is 0 Å². The lowest BCUT2D eigenvalue weighted by molar-refractivity contribution is -0.137. The van der Waals surface area contributed by atoms with Crippen LogP contribution in [0.25, 0.3) is 5.13 Å². The monoisotopic (exact) mass is 388 g/mol. The zero-order chi connectivity index (χ0) is 18.6. The second-order valence-corrected chi connectivity index (χ2v) is 8.34. The van der Waals surface area contributed by atoms with E-state index in [0.717, 1.165) is 68.9 Å². The molecule has 1 amide bonds. The van der Waals surface area contributed by atoms with Crippen LogP contribution in [0.1, 0.15) is 26.2 Å². The van der Waals surface area contributed by atoms with E-state index in [4.69, 9.17) is 0 Å². The number of carbonyl (C=O) groups excluding carboxylic acids is 1. The summed E-state index contributed by atoms with van der Waals surface area (Å²) in [5.41, 5.74) is 0. The fraction of sp³-hybridized carbons (Fsp3) is 0.632. The number of hydrogen-bond acceptors (Lipinski definition) is 6. The van der Waals surface area contributed by atoms with Gasteiger partial charge in [-0.05, 0) is 37.9 Å². The zero-order valence-electron chi connectivity index (χ0n) is 16.0. The van der Waals surface area contributed by atoms with Crippen LogP contribution in [0, 0.1) is 5.92 Å². The fourth-order valence-corrected chi connectivity index (χ4v) is 4.87. The number of nitrogens with zero attached hydrogens (tertiary/aromatic N) is 6. The molecular formula is C19H28N6OS. The van der Waals surface area contributed by atoms with E-state index in [-0.39, 0.29) is 5.92 Å². The third-order valence-corrected chi connectivity index (χ3v) is 6.49. The molecular weight excluding hydrogens is 360 g/mol. The lowest BCUT2D eigenvalue weighted by Crippen LogP contribution is -2.52. The average Bonchev–Trinajstić information content (AvgIpc) is 3.40. The minimum Gasteiger partial charge on any atom is -0.346 e. The van der Waals surface area contributed by atoms with Crippen molar-refractivity contribution in [3.05, 3.63) is 24.5 Å². The first-order valence-electron chi connectivity index (χ1n) is 9.97. The molecule has 2 saturated heterocycles. The summed E-state index contributed by atoms with van der Waals surface area (Å²) in [5, 5.41) is 10.5. The molecule has 146 valence electrons. The molecule has 0 aromatic carbocycles. The predicted molar refractivity (Wildman–Crippen MR) is 107 cm³/mol. The van der Waals surface area contributed by atoms with Crippen LogP contribution >= 0.6 is 11.3 Å². The van der Waals surface area contributed by atoms with Crippen LogP contribution in [-0.2, 0) is 4.79 Å². The van der Waals surface area contributed by atoms with E-state index in [1.807, 2.05) is 29.1 Å². The maximum absolute atomic E-state index is 13.0. The molecule has 1 unspecified atom stereocenters. The number of amides is 1. The Balaban J connectivity index is 1.36. The SMILES string of the molecule is CCCN1CCN(C(=O)C2CCCN(c3nnc(-n4cccc4)s3)C2)CC1. The van der Waals surface area contributed by atoms with Crippen molar-refractivity contribution in [3.8, 4) is 5.13 Å². The van der Waals surface area contributed by atoms with Crippen LogP contribution in [0.5, 0.6) is 0 Å². The Bertz CT molecular complexity index is 737. The summed E-state index contributed by atoms with van der Waals surface area (Å²) in [6, 6.07) is 3.97. The van der Waals surface area contributed by atoms with E-state index < -0.39 is 0 Å². The highest BCUT2D eigenvalue weighted by Gasteiger charge is 2.32. The molecule has 7 nitrogen and oxygen atoms in total. The molecule has 0 saturated carbocycles. The van der Waals surface area contributed by atoms with E-state index in [9.17, 15) is 4.79 Å². The van der Waals surface area contributed by atoms with Crippen LogP contribution in [-0.4, -0.2) is 76.3 Å². The maximum atomic E-state index is 13.0. The van der Waals surface area contributed by atoms with Gasteiger partial charge in [-0.1, -0.05) is 18.3 Å². The molecule has 0 bridgehead atoms. The smallest absolute Gasteiger partial charge is 0.227 e. The summed E-state index contributed by atoms with van der Waals surface area (Å²) < 4.78 is 1.98. The molecule has 0 aliphatic carbocycles. The average molecular weight is 389 g/mol. The predicted octanol–water partition coefficient (Wildman–Crippen LogP) is 2.10. The van der Waals surface area contributed by atoms with Gasteiger partial charge < -0.3 is 9.80 Å².